The Bertz CT molecular complexity index is 1530. The summed E-state index contributed by atoms with van der Waals surface area (Å²) < 4.78 is 25.3. The zero-order valence-electron chi connectivity index (χ0n) is 24.3. The maximum atomic E-state index is 12.5. The van der Waals surface area contributed by atoms with E-state index in [-0.39, 0.29) is 17.1 Å². The SMILES string of the molecule is CN1CCC(n2cc(Nc3ncc4c(n3)N(c3cccc(N=S(C)(C)=O)c3)[C@@H]3CC(C)(C)OC[C@]43C)cn2)CC1. The monoisotopic (exact) mass is 564 g/mol. The molecule has 1 aromatic carbocycles. The van der Waals surface area contributed by atoms with Gasteiger partial charge < -0.3 is 19.9 Å². The summed E-state index contributed by atoms with van der Waals surface area (Å²) in [7, 11) is -0.124. The van der Waals surface area contributed by atoms with Crippen molar-refractivity contribution in [1.82, 2.24) is 24.6 Å². The second-order valence-electron chi connectivity index (χ2n) is 12.6. The van der Waals surface area contributed by atoms with Gasteiger partial charge in [0.1, 0.15) is 5.82 Å². The van der Waals surface area contributed by atoms with Gasteiger partial charge in [-0.15, -0.1) is 0 Å². The van der Waals surface area contributed by atoms with Crippen LogP contribution in [-0.4, -0.2) is 79.8 Å². The lowest BCUT2D eigenvalue weighted by Gasteiger charge is -2.46. The van der Waals surface area contributed by atoms with Gasteiger partial charge in [-0.2, -0.15) is 14.4 Å². The second-order valence-corrected chi connectivity index (χ2v) is 15.2. The number of anilines is 4. The third kappa shape index (κ3) is 5.22. The first-order chi connectivity index (χ1) is 18.9. The first-order valence-electron chi connectivity index (χ1n) is 14.0. The zero-order chi connectivity index (χ0) is 28.3. The van der Waals surface area contributed by atoms with Gasteiger partial charge in [0.2, 0.25) is 5.95 Å². The highest BCUT2D eigenvalue weighted by Crippen LogP contribution is 2.53. The van der Waals surface area contributed by atoms with Gasteiger partial charge in [-0.3, -0.25) is 4.68 Å². The molecule has 0 unspecified atom stereocenters. The van der Waals surface area contributed by atoms with Crippen LogP contribution < -0.4 is 10.2 Å². The number of ether oxygens (including phenoxy) is 1. The Balaban J connectivity index is 1.36. The van der Waals surface area contributed by atoms with Gasteiger partial charge in [0.05, 0.1) is 41.9 Å². The average molecular weight is 565 g/mol. The molecule has 0 radical (unpaired) electrons. The summed E-state index contributed by atoms with van der Waals surface area (Å²) in [5, 5.41) is 8.04. The van der Waals surface area contributed by atoms with Gasteiger partial charge in [0.25, 0.3) is 0 Å². The fourth-order valence-electron chi connectivity index (χ4n) is 6.24. The summed E-state index contributed by atoms with van der Waals surface area (Å²) in [5.41, 5.74) is 3.05. The van der Waals surface area contributed by atoms with Crippen LogP contribution in [0.3, 0.4) is 0 Å². The number of likely N-dealkylation sites (tertiary alicyclic amines) is 1. The fraction of sp³-hybridized carbons (Fsp3) is 0.552. The number of benzene rings is 1. The number of rotatable bonds is 5. The minimum absolute atomic E-state index is 0.117. The van der Waals surface area contributed by atoms with Crippen LogP contribution in [-0.2, 0) is 19.9 Å². The molecule has 2 atom stereocenters. The second kappa shape index (κ2) is 9.81. The lowest BCUT2D eigenvalue weighted by molar-refractivity contribution is -0.0892. The van der Waals surface area contributed by atoms with Crippen LogP contribution >= 0.6 is 0 Å². The van der Waals surface area contributed by atoms with Crippen LogP contribution in [0.25, 0.3) is 0 Å². The van der Waals surface area contributed by atoms with E-state index in [2.05, 4.69) is 69.3 Å². The van der Waals surface area contributed by atoms with E-state index in [4.69, 9.17) is 14.7 Å². The quantitative estimate of drug-likeness (QED) is 0.461. The fourth-order valence-corrected chi connectivity index (χ4v) is 6.86. The summed E-state index contributed by atoms with van der Waals surface area (Å²) in [5.74, 6) is 1.39. The third-order valence-electron chi connectivity index (χ3n) is 8.46. The van der Waals surface area contributed by atoms with Crippen molar-refractivity contribution in [3.8, 4) is 0 Å². The topological polar surface area (TPSA) is 101 Å². The Morgan fingerprint density at radius 2 is 1.93 bits per heavy atom. The lowest BCUT2D eigenvalue weighted by Crippen LogP contribution is -2.54. The highest BCUT2D eigenvalue weighted by Gasteiger charge is 2.55. The Morgan fingerprint density at radius 1 is 1.15 bits per heavy atom. The van der Waals surface area contributed by atoms with E-state index in [1.165, 1.54) is 0 Å². The largest absolute Gasteiger partial charge is 0.374 e. The molecular weight excluding hydrogens is 524 g/mol. The molecule has 3 aliphatic rings. The molecule has 2 aromatic heterocycles. The van der Waals surface area contributed by atoms with E-state index >= 15 is 0 Å². The maximum Gasteiger partial charge on any atom is 0.229 e. The van der Waals surface area contributed by atoms with Gasteiger partial charge in [0.15, 0.2) is 0 Å². The number of hydrogen-bond acceptors (Lipinski definition) is 9. The Morgan fingerprint density at radius 3 is 2.67 bits per heavy atom. The van der Waals surface area contributed by atoms with E-state index in [1.807, 2.05) is 30.6 Å². The molecule has 0 saturated carbocycles. The molecular formula is C29H40N8O2S. The first-order valence-corrected chi connectivity index (χ1v) is 16.3. The van der Waals surface area contributed by atoms with Crippen LogP contribution in [0, 0.1) is 0 Å². The molecule has 6 rings (SSSR count). The van der Waals surface area contributed by atoms with Gasteiger partial charge in [0, 0.05) is 51.3 Å². The van der Waals surface area contributed by atoms with Gasteiger partial charge in [-0.05, 0) is 71.4 Å². The van der Waals surface area contributed by atoms with Crippen molar-refractivity contribution in [3.63, 3.8) is 0 Å². The van der Waals surface area contributed by atoms with Crippen molar-refractivity contribution in [1.29, 1.82) is 0 Å². The number of piperidine rings is 1. The van der Waals surface area contributed by atoms with Crippen molar-refractivity contribution in [2.24, 2.45) is 4.36 Å². The molecule has 3 aliphatic heterocycles. The molecule has 10 nitrogen and oxygen atoms in total. The van der Waals surface area contributed by atoms with Crippen LogP contribution in [0.15, 0.2) is 47.2 Å². The Labute approximate surface area is 237 Å². The van der Waals surface area contributed by atoms with Crippen LogP contribution in [0.5, 0.6) is 0 Å². The molecule has 5 heterocycles. The average Bonchev–Trinajstić information content (AvgIpc) is 3.43. The molecule has 0 bridgehead atoms. The number of fused-ring (bicyclic) bond motifs is 3. The van der Waals surface area contributed by atoms with E-state index in [0.29, 0.717) is 24.3 Å². The number of hydrogen-bond donors (Lipinski definition) is 1. The minimum Gasteiger partial charge on any atom is -0.374 e. The van der Waals surface area contributed by atoms with Crippen LogP contribution in [0.2, 0.25) is 0 Å². The van der Waals surface area contributed by atoms with Crippen molar-refractivity contribution in [2.45, 2.75) is 63.1 Å². The van der Waals surface area contributed by atoms with Gasteiger partial charge >= 0.3 is 0 Å². The minimum atomic E-state index is -2.29. The zero-order valence-corrected chi connectivity index (χ0v) is 25.1. The van der Waals surface area contributed by atoms with Crippen molar-refractivity contribution in [2.75, 3.05) is 49.5 Å². The summed E-state index contributed by atoms with van der Waals surface area (Å²) in [6.07, 6.45) is 12.2. The lowest BCUT2D eigenvalue weighted by atomic mass is 9.73. The Hall–Kier alpha value is -3.02. The normalized spacial score (nSPS) is 24.9. The molecule has 3 aromatic rings. The summed E-state index contributed by atoms with van der Waals surface area (Å²) in [6, 6.07) is 8.47. The predicted molar refractivity (Wildman–Crippen MR) is 160 cm³/mol. The molecule has 11 heteroatoms. The summed E-state index contributed by atoms with van der Waals surface area (Å²) in [4.78, 5) is 14.5. The number of nitrogens with one attached hydrogen (secondary N) is 1. The molecule has 2 fully saturated rings. The predicted octanol–water partition coefficient (Wildman–Crippen LogP) is 5.02. The molecule has 1 N–H and O–H groups in total. The number of nitrogens with zero attached hydrogens (tertiary/aromatic N) is 7. The highest BCUT2D eigenvalue weighted by molar-refractivity contribution is 7.92. The molecule has 0 amide bonds. The van der Waals surface area contributed by atoms with E-state index < -0.39 is 9.73 Å². The van der Waals surface area contributed by atoms with Crippen molar-refractivity contribution in [3.05, 3.63) is 48.4 Å². The summed E-state index contributed by atoms with van der Waals surface area (Å²) in [6.45, 7) is 9.27. The van der Waals surface area contributed by atoms with Crippen molar-refractivity contribution >= 4 is 38.6 Å². The standard InChI is InChI=1S/C29H40N8O2S/c1-28(2)15-25-29(3,19-39-28)24-17-30-27(32-21-16-31-36(18-21)22-10-12-35(4)13-11-22)33-26(24)37(25)23-9-7-8-20(14-23)34-40(5,6)38/h7-9,14,16-18,22,25H,10-13,15,19H2,1-6H3,(H,30,32,33)/t25-,29-/m1/s1. The highest BCUT2D eigenvalue weighted by atomic mass is 32.2. The smallest absolute Gasteiger partial charge is 0.229 e. The Kier molecular flexibility index (Phi) is 6.66. The number of aromatic nitrogens is 4. The van der Waals surface area contributed by atoms with E-state index in [1.54, 1.807) is 12.5 Å². The molecule has 40 heavy (non-hydrogen) atoms. The molecule has 214 valence electrons. The van der Waals surface area contributed by atoms with Gasteiger partial charge in [-0.25, -0.2) is 9.19 Å². The maximum absolute atomic E-state index is 12.5. The van der Waals surface area contributed by atoms with E-state index in [9.17, 15) is 4.21 Å². The van der Waals surface area contributed by atoms with Gasteiger partial charge in [-0.1, -0.05) is 13.0 Å². The molecule has 0 aliphatic carbocycles. The molecule has 2 saturated heterocycles. The summed E-state index contributed by atoms with van der Waals surface area (Å²) >= 11 is 0. The third-order valence-corrected chi connectivity index (χ3v) is 9.11. The van der Waals surface area contributed by atoms with Crippen molar-refractivity contribution < 1.29 is 8.95 Å². The van der Waals surface area contributed by atoms with Crippen LogP contribution in [0.1, 0.15) is 51.6 Å². The molecule has 0 spiro atoms. The van der Waals surface area contributed by atoms with Crippen LogP contribution in [0.4, 0.5) is 28.8 Å². The van der Waals surface area contributed by atoms with E-state index in [0.717, 1.165) is 55.1 Å². The first kappa shape index (κ1) is 27.2.